The molecule has 0 saturated carbocycles. The van der Waals surface area contributed by atoms with Gasteiger partial charge in [0.05, 0.1) is 23.7 Å². The number of hydrogen-bond acceptors (Lipinski definition) is 5. The lowest BCUT2D eigenvalue weighted by atomic mass is 10.1. The van der Waals surface area contributed by atoms with Gasteiger partial charge in [-0.25, -0.2) is 8.42 Å². The normalized spacial score (nSPS) is 12.0. The molecular weight excluding hydrogens is 428 g/mol. The van der Waals surface area contributed by atoms with Crippen molar-refractivity contribution in [3.8, 4) is 11.5 Å². The van der Waals surface area contributed by atoms with Gasteiger partial charge in [-0.3, -0.25) is 9.52 Å². The van der Waals surface area contributed by atoms with Gasteiger partial charge in [0.15, 0.2) is 6.61 Å². The Morgan fingerprint density at radius 2 is 1.62 bits per heavy atom. The van der Waals surface area contributed by atoms with Gasteiger partial charge in [0.25, 0.3) is 15.9 Å². The number of nitrogens with one attached hydrogen (secondary N) is 2. The summed E-state index contributed by atoms with van der Waals surface area (Å²) < 4.78 is 38.6. The van der Waals surface area contributed by atoms with Crippen molar-refractivity contribution in [1.82, 2.24) is 5.32 Å². The number of para-hydroxylation sites is 2. The molecule has 0 saturated heterocycles. The van der Waals surface area contributed by atoms with Gasteiger partial charge >= 0.3 is 0 Å². The second-order valence-corrected chi connectivity index (χ2v) is 8.89. The maximum absolute atomic E-state index is 12.6. The number of methoxy groups -OCH3 is 1. The molecule has 7 nitrogen and oxygen atoms in total. The molecule has 1 amide bonds. The summed E-state index contributed by atoms with van der Waals surface area (Å²) in [7, 11) is -2.15. The summed E-state index contributed by atoms with van der Waals surface area (Å²) in [4.78, 5) is 12.4. The molecule has 0 radical (unpaired) electrons. The molecule has 0 fully saturated rings. The van der Waals surface area contributed by atoms with Crippen molar-refractivity contribution in [1.29, 1.82) is 0 Å². The lowest BCUT2D eigenvalue weighted by Gasteiger charge is -2.17. The van der Waals surface area contributed by atoms with E-state index in [1.54, 1.807) is 19.2 Å². The van der Waals surface area contributed by atoms with Crippen molar-refractivity contribution in [3.63, 3.8) is 0 Å². The molecule has 0 aliphatic carbocycles. The molecule has 1 atom stereocenters. The number of aryl methyl sites for hydroxylation is 1. The number of hydrogen-bond donors (Lipinski definition) is 2. The van der Waals surface area contributed by atoms with Crippen LogP contribution in [0.1, 0.15) is 24.1 Å². The van der Waals surface area contributed by atoms with Crippen LogP contribution in [0.2, 0.25) is 0 Å². The first-order valence-corrected chi connectivity index (χ1v) is 11.5. The molecule has 3 aromatic carbocycles. The molecule has 0 bridgehead atoms. The molecular formula is C24H26N2O5S. The number of ether oxygens (including phenoxy) is 2. The van der Waals surface area contributed by atoms with Crippen LogP contribution in [0.4, 0.5) is 5.69 Å². The van der Waals surface area contributed by atoms with Crippen molar-refractivity contribution in [2.45, 2.75) is 24.8 Å². The van der Waals surface area contributed by atoms with Crippen LogP contribution in [0.15, 0.2) is 77.7 Å². The van der Waals surface area contributed by atoms with E-state index in [0.717, 1.165) is 11.1 Å². The largest absolute Gasteiger partial charge is 0.496 e. The highest BCUT2D eigenvalue weighted by Crippen LogP contribution is 2.24. The van der Waals surface area contributed by atoms with E-state index in [1.807, 2.05) is 50.2 Å². The maximum Gasteiger partial charge on any atom is 0.261 e. The fraction of sp³-hybridized carbons (Fsp3) is 0.208. The SMILES string of the molecule is COc1ccccc1[C@H](C)NC(=O)COc1ccc(S(=O)(=O)Nc2ccccc2C)cc1. The molecule has 0 aromatic heterocycles. The number of rotatable bonds is 9. The van der Waals surface area contributed by atoms with Crippen LogP contribution >= 0.6 is 0 Å². The fourth-order valence-electron chi connectivity index (χ4n) is 3.14. The average Bonchev–Trinajstić information content (AvgIpc) is 2.79. The molecule has 0 unspecified atom stereocenters. The number of sulfonamides is 1. The molecule has 168 valence electrons. The van der Waals surface area contributed by atoms with Gasteiger partial charge in [-0.2, -0.15) is 0 Å². The molecule has 0 spiro atoms. The minimum Gasteiger partial charge on any atom is -0.496 e. The van der Waals surface area contributed by atoms with Crippen molar-refractivity contribution in [2.24, 2.45) is 0 Å². The molecule has 32 heavy (non-hydrogen) atoms. The van der Waals surface area contributed by atoms with E-state index >= 15 is 0 Å². The van der Waals surface area contributed by atoms with Gasteiger partial charge in [0, 0.05) is 5.56 Å². The minimum atomic E-state index is -3.73. The Morgan fingerprint density at radius 3 is 2.31 bits per heavy atom. The third-order valence-electron chi connectivity index (χ3n) is 4.88. The Kier molecular flexibility index (Phi) is 7.37. The van der Waals surface area contributed by atoms with Gasteiger partial charge in [0.2, 0.25) is 0 Å². The summed E-state index contributed by atoms with van der Waals surface area (Å²) in [6.07, 6.45) is 0. The number of benzene rings is 3. The van der Waals surface area contributed by atoms with E-state index in [9.17, 15) is 13.2 Å². The summed E-state index contributed by atoms with van der Waals surface area (Å²) in [6, 6.07) is 20.2. The summed E-state index contributed by atoms with van der Waals surface area (Å²) >= 11 is 0. The first-order chi connectivity index (χ1) is 15.3. The Bertz CT molecular complexity index is 1180. The summed E-state index contributed by atoms with van der Waals surface area (Å²) in [5.41, 5.74) is 2.21. The maximum atomic E-state index is 12.6. The standard InChI is InChI=1S/C24H26N2O5S/c1-17-8-4-6-10-22(17)26-32(28,29)20-14-12-19(13-15-20)31-16-24(27)25-18(2)21-9-5-7-11-23(21)30-3/h4-15,18,26H,16H2,1-3H3,(H,25,27)/t18-/m0/s1. The predicted molar refractivity (Wildman–Crippen MR) is 123 cm³/mol. The van der Waals surface area contributed by atoms with Crippen LogP contribution < -0.4 is 19.5 Å². The van der Waals surface area contributed by atoms with Crippen LogP contribution in [0.5, 0.6) is 11.5 Å². The van der Waals surface area contributed by atoms with E-state index in [1.165, 1.54) is 24.3 Å². The molecule has 2 N–H and O–H groups in total. The second-order valence-electron chi connectivity index (χ2n) is 7.21. The van der Waals surface area contributed by atoms with Crippen LogP contribution in [0.25, 0.3) is 0 Å². The van der Waals surface area contributed by atoms with Gasteiger partial charge in [-0.05, 0) is 55.8 Å². The number of amides is 1. The van der Waals surface area contributed by atoms with Crippen molar-refractivity contribution >= 4 is 21.6 Å². The first-order valence-electron chi connectivity index (χ1n) is 10.0. The fourth-order valence-corrected chi connectivity index (χ4v) is 4.27. The third-order valence-corrected chi connectivity index (χ3v) is 6.26. The van der Waals surface area contributed by atoms with Crippen molar-refractivity contribution in [3.05, 3.63) is 83.9 Å². The molecule has 0 heterocycles. The molecule has 8 heteroatoms. The van der Waals surface area contributed by atoms with E-state index < -0.39 is 10.0 Å². The monoisotopic (exact) mass is 454 g/mol. The predicted octanol–water partition coefficient (Wildman–Crippen LogP) is 4.06. The Labute approximate surface area is 188 Å². The quantitative estimate of drug-likeness (QED) is 0.509. The number of carbonyl (C=O) groups excluding carboxylic acids is 1. The van der Waals surface area contributed by atoms with Crippen LogP contribution in [-0.4, -0.2) is 28.0 Å². The average molecular weight is 455 g/mol. The minimum absolute atomic E-state index is 0.0994. The van der Waals surface area contributed by atoms with E-state index in [0.29, 0.717) is 17.2 Å². The first kappa shape index (κ1) is 23.1. The summed E-state index contributed by atoms with van der Waals surface area (Å²) in [6.45, 7) is 3.48. The van der Waals surface area contributed by atoms with Crippen LogP contribution in [-0.2, 0) is 14.8 Å². The Hall–Kier alpha value is -3.52. The van der Waals surface area contributed by atoms with E-state index in [-0.39, 0.29) is 23.5 Å². The van der Waals surface area contributed by atoms with E-state index in [2.05, 4.69) is 10.0 Å². The molecule has 3 aromatic rings. The Morgan fingerprint density at radius 1 is 0.969 bits per heavy atom. The van der Waals surface area contributed by atoms with Crippen LogP contribution in [0.3, 0.4) is 0 Å². The summed E-state index contributed by atoms with van der Waals surface area (Å²) in [5, 5.41) is 2.86. The second kappa shape index (κ2) is 10.2. The highest BCUT2D eigenvalue weighted by Gasteiger charge is 2.16. The lowest BCUT2D eigenvalue weighted by Crippen LogP contribution is -2.31. The lowest BCUT2D eigenvalue weighted by molar-refractivity contribution is -0.123. The highest BCUT2D eigenvalue weighted by molar-refractivity contribution is 7.92. The van der Waals surface area contributed by atoms with Crippen molar-refractivity contribution < 1.29 is 22.7 Å². The molecule has 0 aliphatic heterocycles. The van der Waals surface area contributed by atoms with Crippen LogP contribution in [0, 0.1) is 6.92 Å². The third kappa shape index (κ3) is 5.79. The number of anilines is 1. The summed E-state index contributed by atoms with van der Waals surface area (Å²) in [5.74, 6) is 0.776. The van der Waals surface area contributed by atoms with Gasteiger partial charge in [-0.15, -0.1) is 0 Å². The highest BCUT2D eigenvalue weighted by atomic mass is 32.2. The van der Waals surface area contributed by atoms with Gasteiger partial charge in [0.1, 0.15) is 11.5 Å². The Balaban J connectivity index is 1.57. The zero-order valence-electron chi connectivity index (χ0n) is 18.2. The topological polar surface area (TPSA) is 93.7 Å². The van der Waals surface area contributed by atoms with Gasteiger partial charge in [-0.1, -0.05) is 36.4 Å². The zero-order chi connectivity index (χ0) is 23.1. The molecule has 0 aliphatic rings. The smallest absolute Gasteiger partial charge is 0.261 e. The molecule has 3 rings (SSSR count). The zero-order valence-corrected chi connectivity index (χ0v) is 19.0. The van der Waals surface area contributed by atoms with Gasteiger partial charge < -0.3 is 14.8 Å². The number of carbonyl (C=O) groups is 1. The van der Waals surface area contributed by atoms with Crippen molar-refractivity contribution in [2.75, 3.05) is 18.4 Å². The van der Waals surface area contributed by atoms with E-state index in [4.69, 9.17) is 9.47 Å².